The summed E-state index contributed by atoms with van der Waals surface area (Å²) >= 11 is 0. The molecule has 0 fully saturated rings. The van der Waals surface area contributed by atoms with Gasteiger partial charge in [-0.3, -0.25) is 0 Å². The van der Waals surface area contributed by atoms with E-state index in [4.69, 9.17) is 0 Å². The molecule has 0 bridgehead atoms. The van der Waals surface area contributed by atoms with Gasteiger partial charge in [-0.1, -0.05) is 82.9 Å². The van der Waals surface area contributed by atoms with Crippen molar-refractivity contribution in [3.63, 3.8) is 0 Å². The molecule has 0 aliphatic carbocycles. The van der Waals surface area contributed by atoms with Crippen LogP contribution in [0.25, 0.3) is 0 Å². The Hall–Kier alpha value is -1.52. The first-order valence-corrected chi connectivity index (χ1v) is 13.1. The molecule has 4 heteroatoms. The highest BCUT2D eigenvalue weighted by Crippen LogP contribution is 2.29. The summed E-state index contributed by atoms with van der Waals surface area (Å²) in [5, 5.41) is 21.9. The van der Waals surface area contributed by atoms with Crippen LogP contribution < -0.4 is 0 Å². The molecule has 0 heterocycles. The number of hydrogen-bond donors (Lipinski definition) is 2. The number of unbranched alkanes of at least 4 members (excludes halogenated alkanes) is 12. The Bertz CT molecular complexity index is 627. The van der Waals surface area contributed by atoms with E-state index in [1.54, 1.807) is 6.07 Å². The van der Waals surface area contributed by atoms with E-state index in [1.165, 1.54) is 77.0 Å². The van der Waals surface area contributed by atoms with Crippen LogP contribution in [-0.2, 0) is 19.3 Å². The van der Waals surface area contributed by atoms with Gasteiger partial charge in [0.05, 0.1) is 0 Å². The number of rotatable bonds is 21. The average Bonchev–Trinajstić information content (AvgIpc) is 2.80. The van der Waals surface area contributed by atoms with E-state index >= 15 is 0 Å². The van der Waals surface area contributed by atoms with Crippen molar-refractivity contribution in [1.82, 2.24) is 0 Å². The van der Waals surface area contributed by atoms with Gasteiger partial charge in [0, 0.05) is 13.2 Å². The minimum absolute atomic E-state index is 0.0428. The van der Waals surface area contributed by atoms with Crippen molar-refractivity contribution in [3.8, 4) is 0 Å². The summed E-state index contributed by atoms with van der Waals surface area (Å²) in [5.41, 5.74) is 3.48. The van der Waals surface area contributed by atoms with E-state index < -0.39 is 0 Å². The van der Waals surface area contributed by atoms with E-state index in [0.717, 1.165) is 36.0 Å². The molecule has 0 amide bonds. The highest BCUT2D eigenvalue weighted by atomic mass is 16.3. The molecule has 182 valence electrons. The normalized spacial score (nSPS) is 11.5. The molecule has 0 radical (unpaired) electrons. The van der Waals surface area contributed by atoms with Crippen LogP contribution in [0.4, 0.5) is 5.69 Å². The molecular formula is C28H47NO3. The topological polar surface area (TPSA) is 69.9 Å². The molecule has 0 atom stereocenters. The first-order valence-electron chi connectivity index (χ1n) is 13.1. The van der Waals surface area contributed by atoms with Crippen molar-refractivity contribution in [2.75, 3.05) is 13.2 Å². The van der Waals surface area contributed by atoms with Gasteiger partial charge in [-0.15, -0.1) is 4.91 Å². The summed E-state index contributed by atoms with van der Waals surface area (Å²) < 4.78 is 0. The van der Waals surface area contributed by atoms with Gasteiger partial charge in [0.25, 0.3) is 0 Å². The van der Waals surface area contributed by atoms with Crippen LogP contribution in [0.3, 0.4) is 0 Å². The Labute approximate surface area is 196 Å². The largest absolute Gasteiger partial charge is 0.396 e. The Balaban J connectivity index is 2.18. The Morgan fingerprint density at radius 2 is 1.25 bits per heavy atom. The van der Waals surface area contributed by atoms with Crippen molar-refractivity contribution in [1.29, 1.82) is 0 Å². The standard InChI is InChI=1S/C28H47NO3/c1-2-3-4-5-6-7-8-9-10-11-12-13-14-15-16-17-18-27-26(22-24-31)25(21-23-30)19-20-28(27)29-32/h9-10,19-20,30-31H,2-8,11-18,21-24H2,1H3/b10-9-. The number of benzene rings is 1. The lowest BCUT2D eigenvalue weighted by atomic mass is 9.91. The van der Waals surface area contributed by atoms with Crippen LogP contribution in [0.5, 0.6) is 0 Å². The zero-order valence-corrected chi connectivity index (χ0v) is 20.5. The lowest BCUT2D eigenvalue weighted by molar-refractivity contribution is 0.292. The second-order valence-corrected chi connectivity index (χ2v) is 8.93. The molecule has 0 saturated heterocycles. The maximum absolute atomic E-state index is 11.3. The summed E-state index contributed by atoms with van der Waals surface area (Å²) in [7, 11) is 0. The fraction of sp³-hybridized carbons (Fsp3) is 0.714. The number of aliphatic hydroxyl groups excluding tert-OH is 2. The van der Waals surface area contributed by atoms with E-state index in [1.807, 2.05) is 6.07 Å². The molecule has 4 nitrogen and oxygen atoms in total. The Kier molecular flexibility index (Phi) is 17.9. The fourth-order valence-corrected chi connectivity index (χ4v) is 4.42. The summed E-state index contributed by atoms with van der Waals surface area (Å²) in [6, 6.07) is 3.62. The van der Waals surface area contributed by atoms with Crippen LogP contribution in [-0.4, -0.2) is 23.4 Å². The van der Waals surface area contributed by atoms with Crippen molar-refractivity contribution in [2.24, 2.45) is 5.18 Å². The van der Waals surface area contributed by atoms with E-state index in [0.29, 0.717) is 18.5 Å². The minimum Gasteiger partial charge on any atom is -0.396 e. The summed E-state index contributed by atoms with van der Waals surface area (Å²) in [6.07, 6.45) is 24.5. The SMILES string of the molecule is CCCCCCCC/C=C\CCCCCCCCc1c(N=O)ccc(CCO)c1CCO. The zero-order valence-electron chi connectivity index (χ0n) is 20.5. The molecule has 1 aromatic carbocycles. The van der Waals surface area contributed by atoms with Crippen molar-refractivity contribution in [3.05, 3.63) is 45.9 Å². The van der Waals surface area contributed by atoms with E-state index in [-0.39, 0.29) is 13.2 Å². The zero-order chi connectivity index (χ0) is 23.3. The first-order chi connectivity index (χ1) is 15.8. The second kappa shape index (κ2) is 20.1. The van der Waals surface area contributed by atoms with Crippen LogP contribution in [0, 0.1) is 4.91 Å². The van der Waals surface area contributed by atoms with Crippen molar-refractivity contribution in [2.45, 2.75) is 116 Å². The van der Waals surface area contributed by atoms with Crippen molar-refractivity contribution >= 4 is 5.69 Å². The quantitative estimate of drug-likeness (QED) is 0.115. The lowest BCUT2D eigenvalue weighted by Gasteiger charge is -2.15. The molecule has 1 rings (SSSR count). The maximum atomic E-state index is 11.3. The monoisotopic (exact) mass is 445 g/mol. The Morgan fingerprint density at radius 1 is 0.688 bits per heavy atom. The molecule has 2 N–H and O–H groups in total. The number of allylic oxidation sites excluding steroid dienone is 2. The van der Waals surface area contributed by atoms with Gasteiger partial charge in [-0.2, -0.15) is 0 Å². The molecule has 0 saturated carbocycles. The second-order valence-electron chi connectivity index (χ2n) is 8.93. The van der Waals surface area contributed by atoms with E-state index in [2.05, 4.69) is 24.3 Å². The smallest absolute Gasteiger partial charge is 0.111 e. The number of nitrogens with zero attached hydrogens (tertiary/aromatic N) is 1. The third-order valence-corrected chi connectivity index (χ3v) is 6.28. The molecule has 0 unspecified atom stereocenters. The van der Waals surface area contributed by atoms with E-state index in [9.17, 15) is 15.1 Å². The summed E-state index contributed by atoms with van der Waals surface area (Å²) in [6.45, 7) is 2.38. The first kappa shape index (κ1) is 28.5. The van der Waals surface area contributed by atoms with Gasteiger partial charge < -0.3 is 10.2 Å². The lowest BCUT2D eigenvalue weighted by Crippen LogP contribution is -2.05. The van der Waals surface area contributed by atoms with Gasteiger partial charge in [-0.05, 0) is 79.3 Å². The number of hydrogen-bond acceptors (Lipinski definition) is 4. The fourth-order valence-electron chi connectivity index (χ4n) is 4.42. The minimum atomic E-state index is 0.0428. The summed E-state index contributed by atoms with van der Waals surface area (Å²) in [5.74, 6) is 0. The molecule has 0 aromatic heterocycles. The van der Waals surface area contributed by atoms with Crippen molar-refractivity contribution < 1.29 is 10.2 Å². The molecule has 0 aliphatic heterocycles. The molecule has 0 aliphatic rings. The van der Waals surface area contributed by atoms with Gasteiger partial charge in [-0.25, -0.2) is 0 Å². The summed E-state index contributed by atoms with van der Waals surface area (Å²) in [4.78, 5) is 11.3. The molecule has 32 heavy (non-hydrogen) atoms. The van der Waals surface area contributed by atoms with Gasteiger partial charge >= 0.3 is 0 Å². The molecular weight excluding hydrogens is 398 g/mol. The van der Waals surface area contributed by atoms with Gasteiger partial charge in [0.1, 0.15) is 5.69 Å². The van der Waals surface area contributed by atoms with Crippen LogP contribution in [0.1, 0.15) is 114 Å². The van der Waals surface area contributed by atoms with Crippen LogP contribution in [0.2, 0.25) is 0 Å². The third kappa shape index (κ3) is 12.5. The average molecular weight is 446 g/mol. The van der Waals surface area contributed by atoms with Gasteiger partial charge in [0.15, 0.2) is 0 Å². The Morgan fingerprint density at radius 3 is 1.81 bits per heavy atom. The molecule has 0 spiro atoms. The van der Waals surface area contributed by atoms with Crippen LogP contribution in [0.15, 0.2) is 29.5 Å². The van der Waals surface area contributed by atoms with Crippen LogP contribution >= 0.6 is 0 Å². The predicted octanol–water partition coefficient (Wildman–Crippen LogP) is 7.73. The van der Waals surface area contributed by atoms with Gasteiger partial charge in [0.2, 0.25) is 0 Å². The predicted molar refractivity (Wildman–Crippen MR) is 137 cm³/mol. The number of aliphatic hydroxyl groups is 2. The molecule has 1 aromatic rings. The maximum Gasteiger partial charge on any atom is 0.111 e. The number of nitroso groups, excluding NO2 is 1. The third-order valence-electron chi connectivity index (χ3n) is 6.28. The highest BCUT2D eigenvalue weighted by molar-refractivity contribution is 5.53. The highest BCUT2D eigenvalue weighted by Gasteiger charge is 2.13.